The minimum atomic E-state index is -0.977. The zero-order valence-electron chi connectivity index (χ0n) is 15.0. The summed E-state index contributed by atoms with van der Waals surface area (Å²) in [6, 6.07) is 8.24. The molecule has 2 aromatic heterocycles. The summed E-state index contributed by atoms with van der Waals surface area (Å²) in [5, 5.41) is 0. The average Bonchev–Trinajstić information content (AvgIpc) is 2.70. The van der Waals surface area contributed by atoms with Crippen LogP contribution in [0.1, 0.15) is 24.2 Å². The second-order valence-corrected chi connectivity index (χ2v) is 6.37. The van der Waals surface area contributed by atoms with Crippen LogP contribution in [-0.4, -0.2) is 28.6 Å². The van der Waals surface area contributed by atoms with Gasteiger partial charge in [0.05, 0.1) is 18.8 Å². The molecule has 3 heterocycles. The summed E-state index contributed by atoms with van der Waals surface area (Å²) in [7, 11) is 1.32. The second-order valence-electron chi connectivity index (χ2n) is 6.37. The monoisotopic (exact) mass is 368 g/mol. The maximum absolute atomic E-state index is 13.9. The zero-order chi connectivity index (χ0) is 19.0. The van der Waals surface area contributed by atoms with Crippen molar-refractivity contribution in [2.45, 2.75) is 19.4 Å². The zero-order valence-corrected chi connectivity index (χ0v) is 15.0. The van der Waals surface area contributed by atoms with Gasteiger partial charge in [0.25, 0.3) is 0 Å². The molecule has 0 aliphatic carbocycles. The van der Waals surface area contributed by atoms with E-state index in [0.717, 1.165) is 17.0 Å². The topological polar surface area (TPSA) is 51.1 Å². The van der Waals surface area contributed by atoms with Gasteiger partial charge >= 0.3 is 0 Å². The van der Waals surface area contributed by atoms with Gasteiger partial charge in [-0.2, -0.15) is 4.39 Å². The van der Waals surface area contributed by atoms with Crippen LogP contribution in [0.2, 0.25) is 0 Å². The molecule has 0 fully saturated rings. The molecule has 0 spiro atoms. The quantitative estimate of drug-likeness (QED) is 0.701. The highest BCUT2D eigenvalue weighted by Crippen LogP contribution is 2.36. The third-order valence-corrected chi connectivity index (χ3v) is 4.83. The average molecular weight is 368 g/mol. The molecule has 1 atom stereocenters. The Bertz CT molecular complexity index is 981. The predicted molar refractivity (Wildman–Crippen MR) is 97.6 cm³/mol. The molecule has 138 valence electrons. The van der Waals surface area contributed by atoms with Gasteiger partial charge in [0.2, 0.25) is 5.82 Å². The van der Waals surface area contributed by atoms with Gasteiger partial charge in [-0.15, -0.1) is 0 Å². The van der Waals surface area contributed by atoms with Gasteiger partial charge in [-0.1, -0.05) is 6.07 Å². The van der Waals surface area contributed by atoms with E-state index >= 15 is 0 Å². The van der Waals surface area contributed by atoms with Crippen molar-refractivity contribution in [3.8, 4) is 17.3 Å². The summed E-state index contributed by atoms with van der Waals surface area (Å²) < 4.78 is 32.6. The smallest absolute Gasteiger partial charge is 0.200 e. The molecule has 0 saturated heterocycles. The number of rotatable bonds is 3. The number of nitrogens with zero attached hydrogens (tertiary/aromatic N) is 4. The maximum atomic E-state index is 13.9. The van der Waals surface area contributed by atoms with Crippen LogP contribution in [0.15, 0.2) is 42.7 Å². The van der Waals surface area contributed by atoms with E-state index in [2.05, 4.69) is 15.0 Å². The molecular weight excluding hydrogens is 350 g/mol. The van der Waals surface area contributed by atoms with E-state index < -0.39 is 11.6 Å². The lowest BCUT2D eigenvalue weighted by molar-refractivity contribution is 0.371. The van der Waals surface area contributed by atoms with Gasteiger partial charge in [0.15, 0.2) is 17.4 Å². The van der Waals surface area contributed by atoms with Crippen LogP contribution in [0.25, 0.3) is 11.5 Å². The highest BCUT2D eigenvalue weighted by molar-refractivity contribution is 5.56. The Kier molecular flexibility index (Phi) is 4.43. The summed E-state index contributed by atoms with van der Waals surface area (Å²) in [6.07, 6.45) is 4.17. The third kappa shape index (κ3) is 3.09. The number of ether oxygens (including phenoxy) is 1. The van der Waals surface area contributed by atoms with E-state index in [1.807, 2.05) is 30.0 Å². The second kappa shape index (κ2) is 6.90. The molecular formula is C20H18F2N4O. The molecule has 0 radical (unpaired) electrons. The summed E-state index contributed by atoms with van der Waals surface area (Å²) >= 11 is 0. The Hall–Kier alpha value is -3.09. The van der Waals surface area contributed by atoms with Gasteiger partial charge in [-0.25, -0.2) is 14.4 Å². The van der Waals surface area contributed by atoms with Crippen LogP contribution in [0, 0.1) is 11.6 Å². The lowest BCUT2D eigenvalue weighted by atomic mass is 9.98. The first-order chi connectivity index (χ1) is 13.1. The first-order valence-electron chi connectivity index (χ1n) is 8.65. The van der Waals surface area contributed by atoms with Gasteiger partial charge < -0.3 is 9.64 Å². The predicted octanol–water partition coefficient (Wildman–Crippen LogP) is 3.95. The molecule has 0 bridgehead atoms. The van der Waals surface area contributed by atoms with Crippen LogP contribution < -0.4 is 9.64 Å². The van der Waals surface area contributed by atoms with Crippen LogP contribution in [-0.2, 0) is 6.42 Å². The number of aromatic nitrogens is 3. The van der Waals surface area contributed by atoms with Gasteiger partial charge in [0, 0.05) is 48.7 Å². The summed E-state index contributed by atoms with van der Waals surface area (Å²) in [6.45, 7) is 2.62. The van der Waals surface area contributed by atoms with E-state index in [1.165, 1.54) is 19.2 Å². The first kappa shape index (κ1) is 17.3. The number of fused-ring (bicyclic) bond motifs is 1. The Morgan fingerprint density at radius 2 is 2.04 bits per heavy atom. The fraction of sp³-hybridized carbons (Fsp3) is 0.250. The third-order valence-electron chi connectivity index (χ3n) is 4.83. The van der Waals surface area contributed by atoms with Crippen LogP contribution in [0.3, 0.4) is 0 Å². The molecule has 0 N–H and O–H groups in total. The summed E-state index contributed by atoms with van der Waals surface area (Å²) in [5.41, 5.74) is 3.20. The number of anilines is 1. The molecule has 3 aromatic rings. The van der Waals surface area contributed by atoms with Crippen molar-refractivity contribution in [2.24, 2.45) is 0 Å². The van der Waals surface area contributed by atoms with E-state index in [0.29, 0.717) is 24.5 Å². The maximum Gasteiger partial charge on any atom is 0.200 e. The van der Waals surface area contributed by atoms with Crippen LogP contribution in [0.5, 0.6) is 5.75 Å². The lowest BCUT2D eigenvalue weighted by Gasteiger charge is -2.36. The van der Waals surface area contributed by atoms with Crippen molar-refractivity contribution in [1.82, 2.24) is 15.0 Å². The Labute approximate surface area is 155 Å². The van der Waals surface area contributed by atoms with Crippen molar-refractivity contribution in [1.29, 1.82) is 0 Å². The van der Waals surface area contributed by atoms with Crippen molar-refractivity contribution in [2.75, 3.05) is 18.6 Å². The van der Waals surface area contributed by atoms with E-state index in [1.54, 1.807) is 12.4 Å². The fourth-order valence-corrected chi connectivity index (χ4v) is 3.40. The molecule has 1 aliphatic heterocycles. The van der Waals surface area contributed by atoms with Crippen LogP contribution >= 0.6 is 0 Å². The number of pyridine rings is 1. The Morgan fingerprint density at radius 1 is 1.19 bits per heavy atom. The van der Waals surface area contributed by atoms with Gasteiger partial charge in [-0.05, 0) is 19.1 Å². The van der Waals surface area contributed by atoms with E-state index in [-0.39, 0.29) is 11.8 Å². The highest BCUT2D eigenvalue weighted by Gasteiger charge is 2.27. The van der Waals surface area contributed by atoms with Gasteiger partial charge in [-0.3, -0.25) is 4.98 Å². The Morgan fingerprint density at radius 3 is 2.78 bits per heavy atom. The van der Waals surface area contributed by atoms with Crippen LogP contribution in [0.4, 0.5) is 14.5 Å². The molecule has 27 heavy (non-hydrogen) atoms. The number of methoxy groups -OCH3 is 1. The van der Waals surface area contributed by atoms with Crippen molar-refractivity contribution in [3.05, 3.63) is 65.6 Å². The number of hydrogen-bond donors (Lipinski definition) is 0. The first-order valence-corrected chi connectivity index (χ1v) is 8.65. The lowest BCUT2D eigenvalue weighted by Crippen LogP contribution is -2.35. The molecule has 1 aliphatic rings. The molecule has 0 unspecified atom stereocenters. The van der Waals surface area contributed by atoms with E-state index in [4.69, 9.17) is 4.74 Å². The number of benzene rings is 1. The summed E-state index contributed by atoms with van der Waals surface area (Å²) in [4.78, 5) is 15.4. The van der Waals surface area contributed by atoms with Gasteiger partial charge in [0.1, 0.15) is 5.69 Å². The minimum absolute atomic E-state index is 0.0823. The normalized spacial score (nSPS) is 16.1. The largest absolute Gasteiger partial charge is 0.493 e. The molecule has 1 aromatic carbocycles. The molecule has 5 nitrogen and oxygen atoms in total. The van der Waals surface area contributed by atoms with E-state index in [9.17, 15) is 8.78 Å². The number of hydrogen-bond acceptors (Lipinski definition) is 5. The molecule has 4 rings (SSSR count). The fourth-order valence-electron chi connectivity index (χ4n) is 3.40. The molecule has 0 amide bonds. The Balaban J connectivity index is 1.68. The molecule has 0 saturated carbocycles. The SMILES string of the molecule is COc1cc(N2CCc3nc(-c4ccccn4)ncc3[C@H]2C)cc(F)c1F. The van der Waals surface area contributed by atoms with Crippen molar-refractivity contribution >= 4 is 5.69 Å². The molecule has 7 heteroatoms. The van der Waals surface area contributed by atoms with Crippen molar-refractivity contribution < 1.29 is 13.5 Å². The minimum Gasteiger partial charge on any atom is -0.493 e. The van der Waals surface area contributed by atoms with Crippen molar-refractivity contribution in [3.63, 3.8) is 0 Å². The number of halogens is 2. The summed E-state index contributed by atoms with van der Waals surface area (Å²) in [5.74, 6) is -1.42. The standard InChI is InChI=1S/C20H18F2N4O/c1-12-14-11-24-20(17-5-3-4-7-23-17)25-16(14)6-8-26(12)13-9-15(21)19(22)18(10-13)27-2/h3-5,7,9-12H,6,8H2,1-2H3/t12-/m1/s1. The highest BCUT2D eigenvalue weighted by atomic mass is 19.2.